The molecule has 2 fully saturated rings. The number of benzene rings is 2. The largest absolute Gasteiger partial charge is 0.320 e. The Morgan fingerprint density at radius 2 is 1.94 bits per heavy atom. The average molecular weight is 439 g/mol. The van der Waals surface area contributed by atoms with Crippen LogP contribution in [0.1, 0.15) is 36.0 Å². The summed E-state index contributed by atoms with van der Waals surface area (Å²) in [6.45, 7) is 5.07. The van der Waals surface area contributed by atoms with Gasteiger partial charge in [0.15, 0.2) is 0 Å². The molecule has 7 heteroatoms. The molecule has 3 aliphatic rings. The molecule has 0 aromatic heterocycles. The third-order valence-electron chi connectivity index (χ3n) is 6.65. The number of fused-ring (bicyclic) bond motifs is 3. The Labute approximate surface area is 187 Å². The van der Waals surface area contributed by atoms with Crippen molar-refractivity contribution in [3.8, 4) is 0 Å². The van der Waals surface area contributed by atoms with Gasteiger partial charge in [-0.3, -0.25) is 24.3 Å². The Kier molecular flexibility index (Phi) is 5.69. The van der Waals surface area contributed by atoms with Crippen molar-refractivity contribution in [2.24, 2.45) is 0 Å². The highest BCUT2D eigenvalue weighted by molar-refractivity contribution is 6.31. The molecule has 0 bridgehead atoms. The lowest BCUT2D eigenvalue weighted by Crippen LogP contribution is -2.55. The highest BCUT2D eigenvalue weighted by atomic mass is 35.5. The van der Waals surface area contributed by atoms with Crippen LogP contribution in [0.3, 0.4) is 0 Å². The quantitative estimate of drug-likeness (QED) is 0.782. The third kappa shape index (κ3) is 4.07. The Hall–Kier alpha value is -2.41. The van der Waals surface area contributed by atoms with Gasteiger partial charge in [-0.25, -0.2) is 0 Å². The fourth-order valence-electron chi connectivity index (χ4n) is 5.04. The molecule has 3 heterocycles. The van der Waals surface area contributed by atoms with Gasteiger partial charge < -0.3 is 5.32 Å². The van der Waals surface area contributed by atoms with Crippen molar-refractivity contribution in [1.29, 1.82) is 0 Å². The molecule has 0 radical (unpaired) electrons. The summed E-state index contributed by atoms with van der Waals surface area (Å²) in [6, 6.07) is 13.1. The maximum atomic E-state index is 13.5. The number of hydrogen-bond donors (Lipinski definition) is 1. The fraction of sp³-hybridized carbons (Fsp3) is 0.417. The standard InChI is InChI=1S/C24H27ClN4O2/c25-17-8-9-22-20(15-17)26-24(31)19-6-1-2-7-21(19)29(22)23(30)10-12-27-13-14-28-11-4-3-5-18(28)16-27/h1-2,6-9,15,18H,3-5,10-14,16H2,(H,26,31). The van der Waals surface area contributed by atoms with E-state index in [0.29, 0.717) is 40.1 Å². The van der Waals surface area contributed by atoms with Gasteiger partial charge in [0.25, 0.3) is 5.91 Å². The van der Waals surface area contributed by atoms with E-state index in [1.54, 1.807) is 29.2 Å². The minimum atomic E-state index is -0.233. The van der Waals surface area contributed by atoms with E-state index >= 15 is 0 Å². The fourth-order valence-corrected chi connectivity index (χ4v) is 5.21. The summed E-state index contributed by atoms with van der Waals surface area (Å²) in [5, 5.41) is 3.42. The summed E-state index contributed by atoms with van der Waals surface area (Å²) in [6.07, 6.45) is 4.27. The maximum Gasteiger partial charge on any atom is 0.257 e. The van der Waals surface area contributed by atoms with E-state index in [4.69, 9.17) is 11.6 Å². The van der Waals surface area contributed by atoms with Crippen LogP contribution in [0.2, 0.25) is 5.02 Å². The van der Waals surface area contributed by atoms with E-state index in [1.165, 1.54) is 25.8 Å². The number of para-hydroxylation sites is 1. The average Bonchev–Trinajstić information content (AvgIpc) is 2.91. The molecule has 6 nitrogen and oxygen atoms in total. The second-order valence-corrected chi connectivity index (χ2v) is 9.03. The van der Waals surface area contributed by atoms with E-state index in [-0.39, 0.29) is 11.8 Å². The first-order valence-corrected chi connectivity index (χ1v) is 11.5. The monoisotopic (exact) mass is 438 g/mol. The molecule has 1 atom stereocenters. The minimum absolute atomic E-state index is 0.0152. The molecule has 0 saturated carbocycles. The molecule has 2 amide bonds. The third-order valence-corrected chi connectivity index (χ3v) is 6.89. The van der Waals surface area contributed by atoms with E-state index in [2.05, 4.69) is 15.1 Å². The lowest BCUT2D eigenvalue weighted by atomic mass is 9.99. The molecule has 162 valence electrons. The SMILES string of the molecule is O=C1Nc2cc(Cl)ccc2N(C(=O)CCN2CCN3CCCCC3C2)c2ccccc21. The Morgan fingerprint density at radius 3 is 2.84 bits per heavy atom. The lowest BCUT2D eigenvalue weighted by molar-refractivity contribution is -0.118. The smallest absolute Gasteiger partial charge is 0.257 e. The van der Waals surface area contributed by atoms with Crippen LogP contribution < -0.4 is 10.2 Å². The van der Waals surface area contributed by atoms with Crippen LogP contribution in [0.5, 0.6) is 0 Å². The molecular weight excluding hydrogens is 412 g/mol. The lowest BCUT2D eigenvalue weighted by Gasteiger charge is -2.44. The topological polar surface area (TPSA) is 55.9 Å². The molecule has 1 unspecified atom stereocenters. The number of hydrogen-bond acceptors (Lipinski definition) is 4. The van der Waals surface area contributed by atoms with Gasteiger partial charge in [-0.1, -0.05) is 30.2 Å². The van der Waals surface area contributed by atoms with Gasteiger partial charge in [0.2, 0.25) is 5.91 Å². The molecule has 31 heavy (non-hydrogen) atoms. The number of nitrogens with zero attached hydrogens (tertiary/aromatic N) is 3. The number of piperidine rings is 1. The van der Waals surface area contributed by atoms with E-state index in [0.717, 1.165) is 26.2 Å². The number of amides is 2. The number of nitrogens with one attached hydrogen (secondary N) is 1. The highest BCUT2D eigenvalue weighted by Crippen LogP contribution is 2.39. The zero-order chi connectivity index (χ0) is 21.4. The van der Waals surface area contributed by atoms with Gasteiger partial charge in [0.1, 0.15) is 0 Å². The van der Waals surface area contributed by atoms with Gasteiger partial charge in [0, 0.05) is 43.7 Å². The number of halogens is 1. The van der Waals surface area contributed by atoms with Crippen LogP contribution in [-0.2, 0) is 4.79 Å². The first-order valence-electron chi connectivity index (χ1n) is 11.1. The van der Waals surface area contributed by atoms with Crippen molar-refractivity contribution in [1.82, 2.24) is 9.80 Å². The molecule has 2 saturated heterocycles. The van der Waals surface area contributed by atoms with Crippen LogP contribution in [0.15, 0.2) is 42.5 Å². The number of carbonyl (C=O) groups is 2. The molecule has 1 N–H and O–H groups in total. The summed E-state index contributed by atoms with van der Waals surface area (Å²) in [4.78, 5) is 33.0. The second-order valence-electron chi connectivity index (χ2n) is 8.60. The van der Waals surface area contributed by atoms with Gasteiger partial charge in [0.05, 0.1) is 22.6 Å². The predicted molar refractivity (Wildman–Crippen MR) is 123 cm³/mol. The Bertz CT molecular complexity index is 1010. The van der Waals surface area contributed by atoms with E-state index in [9.17, 15) is 9.59 Å². The normalized spacial score (nSPS) is 21.5. The van der Waals surface area contributed by atoms with Crippen molar-refractivity contribution in [2.45, 2.75) is 31.7 Å². The zero-order valence-electron chi connectivity index (χ0n) is 17.5. The van der Waals surface area contributed by atoms with Crippen LogP contribution in [0.25, 0.3) is 0 Å². The van der Waals surface area contributed by atoms with Crippen molar-refractivity contribution in [3.05, 3.63) is 53.1 Å². The number of carbonyl (C=O) groups excluding carboxylic acids is 2. The highest BCUT2D eigenvalue weighted by Gasteiger charge is 2.31. The van der Waals surface area contributed by atoms with Gasteiger partial charge in [-0.15, -0.1) is 0 Å². The number of rotatable bonds is 3. The van der Waals surface area contributed by atoms with Crippen LogP contribution in [0, 0.1) is 0 Å². The molecule has 2 aromatic rings. The first-order chi connectivity index (χ1) is 15.1. The molecule has 0 aliphatic carbocycles. The van der Waals surface area contributed by atoms with E-state index in [1.807, 2.05) is 18.2 Å². The van der Waals surface area contributed by atoms with Crippen molar-refractivity contribution >= 4 is 40.5 Å². The summed E-state index contributed by atoms with van der Waals surface area (Å²) in [7, 11) is 0. The summed E-state index contributed by atoms with van der Waals surface area (Å²) < 4.78 is 0. The summed E-state index contributed by atoms with van der Waals surface area (Å²) in [5.74, 6) is -0.249. The summed E-state index contributed by atoms with van der Waals surface area (Å²) >= 11 is 6.17. The van der Waals surface area contributed by atoms with Crippen LogP contribution in [0.4, 0.5) is 17.1 Å². The molecule has 3 aliphatic heterocycles. The predicted octanol–water partition coefficient (Wildman–Crippen LogP) is 4.13. The van der Waals surface area contributed by atoms with Crippen LogP contribution in [-0.4, -0.2) is 60.4 Å². The molecular formula is C24H27ClN4O2. The van der Waals surface area contributed by atoms with Gasteiger partial charge >= 0.3 is 0 Å². The zero-order valence-corrected chi connectivity index (χ0v) is 18.3. The van der Waals surface area contributed by atoms with Crippen LogP contribution >= 0.6 is 11.6 Å². The van der Waals surface area contributed by atoms with Crippen molar-refractivity contribution < 1.29 is 9.59 Å². The molecule has 5 rings (SSSR count). The van der Waals surface area contributed by atoms with Gasteiger partial charge in [-0.2, -0.15) is 0 Å². The molecule has 0 spiro atoms. The Morgan fingerprint density at radius 1 is 1.06 bits per heavy atom. The van der Waals surface area contributed by atoms with Gasteiger partial charge in [-0.05, 0) is 49.7 Å². The Balaban J connectivity index is 1.38. The first kappa shape index (κ1) is 20.5. The maximum absolute atomic E-state index is 13.5. The summed E-state index contributed by atoms with van der Waals surface area (Å²) in [5.41, 5.74) is 2.31. The second kappa shape index (κ2) is 8.61. The number of piperazine rings is 1. The van der Waals surface area contributed by atoms with E-state index < -0.39 is 0 Å². The molecule has 2 aromatic carbocycles. The van der Waals surface area contributed by atoms with Crippen molar-refractivity contribution in [3.63, 3.8) is 0 Å². The minimum Gasteiger partial charge on any atom is -0.320 e. The van der Waals surface area contributed by atoms with Crippen molar-refractivity contribution in [2.75, 3.05) is 42.9 Å². The number of anilines is 3.